The molecule has 1 aliphatic carbocycles. The van der Waals surface area contributed by atoms with E-state index in [1.54, 1.807) is 6.07 Å². The molecule has 1 saturated carbocycles. The zero-order valence-electron chi connectivity index (χ0n) is 17.0. The molecular formula is C22H21Cl3N4OS. The quantitative estimate of drug-likeness (QED) is 0.297. The molecule has 1 amide bonds. The summed E-state index contributed by atoms with van der Waals surface area (Å²) in [5, 5.41) is 13.3. The van der Waals surface area contributed by atoms with E-state index in [9.17, 15) is 4.79 Å². The summed E-state index contributed by atoms with van der Waals surface area (Å²) in [5.74, 6) is 1.81. The number of hydrogen-bond acceptors (Lipinski definition) is 4. The van der Waals surface area contributed by atoms with E-state index in [2.05, 4.69) is 58.2 Å². The van der Waals surface area contributed by atoms with Crippen molar-refractivity contribution in [2.75, 3.05) is 11.1 Å². The van der Waals surface area contributed by atoms with Gasteiger partial charge in [-0.05, 0) is 43.9 Å². The van der Waals surface area contributed by atoms with Crippen molar-refractivity contribution >= 4 is 58.2 Å². The van der Waals surface area contributed by atoms with Crippen LogP contribution in [-0.2, 0) is 11.3 Å². The SMILES string of the molecule is CCn1c(SCC(=O)Nc2cc(Cl)c(Cl)cc2Cl)nnc1[C@H]1C[C@H]1c1ccc(C)cc1. The molecule has 0 bridgehead atoms. The Kier molecular flexibility index (Phi) is 6.82. The van der Waals surface area contributed by atoms with Crippen molar-refractivity contribution in [1.82, 2.24) is 14.8 Å². The molecule has 31 heavy (non-hydrogen) atoms. The number of carbonyl (C=O) groups is 1. The highest BCUT2D eigenvalue weighted by molar-refractivity contribution is 7.99. The van der Waals surface area contributed by atoms with Gasteiger partial charge in [-0.3, -0.25) is 4.79 Å². The van der Waals surface area contributed by atoms with Gasteiger partial charge in [0.15, 0.2) is 5.16 Å². The number of halogens is 3. The van der Waals surface area contributed by atoms with Gasteiger partial charge in [-0.15, -0.1) is 10.2 Å². The number of carbonyl (C=O) groups excluding carboxylic acids is 1. The van der Waals surface area contributed by atoms with Crippen molar-refractivity contribution in [2.24, 2.45) is 0 Å². The van der Waals surface area contributed by atoms with Gasteiger partial charge in [0.25, 0.3) is 0 Å². The lowest BCUT2D eigenvalue weighted by molar-refractivity contribution is -0.113. The third-order valence-electron chi connectivity index (χ3n) is 5.31. The molecule has 1 aliphatic rings. The molecule has 1 fully saturated rings. The van der Waals surface area contributed by atoms with Crippen LogP contribution in [-0.4, -0.2) is 26.4 Å². The second-order valence-corrected chi connectivity index (χ2v) is 9.69. The maximum Gasteiger partial charge on any atom is 0.234 e. The topological polar surface area (TPSA) is 59.8 Å². The van der Waals surface area contributed by atoms with E-state index in [1.807, 2.05) is 0 Å². The minimum atomic E-state index is -0.207. The van der Waals surface area contributed by atoms with E-state index in [4.69, 9.17) is 34.8 Å². The van der Waals surface area contributed by atoms with Crippen LogP contribution in [0, 0.1) is 6.92 Å². The number of thioether (sulfide) groups is 1. The molecule has 9 heteroatoms. The Morgan fingerprint density at radius 3 is 2.52 bits per heavy atom. The molecule has 0 unspecified atom stereocenters. The molecule has 2 aromatic carbocycles. The highest BCUT2D eigenvalue weighted by Gasteiger charge is 2.43. The molecule has 4 rings (SSSR count). The van der Waals surface area contributed by atoms with Gasteiger partial charge >= 0.3 is 0 Å². The third kappa shape index (κ3) is 5.03. The first-order valence-electron chi connectivity index (χ1n) is 9.94. The van der Waals surface area contributed by atoms with Gasteiger partial charge in [-0.2, -0.15) is 0 Å². The lowest BCUT2D eigenvalue weighted by atomic mass is 10.1. The Balaban J connectivity index is 1.40. The lowest BCUT2D eigenvalue weighted by Gasteiger charge is -2.09. The summed E-state index contributed by atoms with van der Waals surface area (Å²) in [7, 11) is 0. The molecule has 162 valence electrons. The second kappa shape index (κ2) is 9.41. The summed E-state index contributed by atoms with van der Waals surface area (Å²) in [6.45, 7) is 4.91. The van der Waals surface area contributed by atoms with E-state index < -0.39 is 0 Å². The number of rotatable bonds is 7. The van der Waals surface area contributed by atoms with Gasteiger partial charge in [0.2, 0.25) is 5.91 Å². The Morgan fingerprint density at radius 1 is 1.10 bits per heavy atom. The number of benzene rings is 2. The smallest absolute Gasteiger partial charge is 0.234 e. The van der Waals surface area contributed by atoms with Crippen molar-refractivity contribution in [1.29, 1.82) is 0 Å². The number of aryl methyl sites for hydroxylation is 1. The van der Waals surface area contributed by atoms with Crippen molar-refractivity contribution in [3.05, 3.63) is 68.4 Å². The van der Waals surface area contributed by atoms with Crippen LogP contribution in [0.15, 0.2) is 41.6 Å². The van der Waals surface area contributed by atoms with Gasteiger partial charge in [0, 0.05) is 12.5 Å². The van der Waals surface area contributed by atoms with E-state index in [0.29, 0.717) is 32.6 Å². The number of hydrogen-bond donors (Lipinski definition) is 1. The average molecular weight is 496 g/mol. The van der Waals surface area contributed by atoms with Crippen LogP contribution < -0.4 is 5.32 Å². The molecule has 0 radical (unpaired) electrons. The molecule has 0 saturated heterocycles. The summed E-state index contributed by atoms with van der Waals surface area (Å²) in [4.78, 5) is 12.4. The number of aromatic nitrogens is 3. The summed E-state index contributed by atoms with van der Waals surface area (Å²) in [5.41, 5.74) is 3.03. The first-order valence-corrected chi connectivity index (χ1v) is 12.1. The van der Waals surface area contributed by atoms with Crippen molar-refractivity contribution in [3.63, 3.8) is 0 Å². The summed E-state index contributed by atoms with van der Waals surface area (Å²) in [6, 6.07) is 11.7. The largest absolute Gasteiger partial charge is 0.324 e. The molecule has 1 N–H and O–H groups in total. The molecular weight excluding hydrogens is 475 g/mol. The fourth-order valence-corrected chi connectivity index (χ4v) is 4.98. The molecule has 5 nitrogen and oxygen atoms in total. The predicted molar refractivity (Wildman–Crippen MR) is 128 cm³/mol. The second-order valence-electron chi connectivity index (χ2n) is 7.53. The zero-order valence-corrected chi connectivity index (χ0v) is 20.1. The van der Waals surface area contributed by atoms with Gasteiger partial charge in [-0.1, -0.05) is 76.4 Å². The standard InChI is InChI=1S/C22H21Cl3N4OS/c1-3-29-21(15-8-14(15)13-6-4-12(2)5-7-13)27-28-22(29)31-11-20(30)26-19-10-17(24)16(23)9-18(19)25/h4-7,9-10,14-15H,3,8,11H2,1-2H3,(H,26,30)/t14-,15-/m0/s1. The number of nitrogens with zero attached hydrogens (tertiary/aromatic N) is 3. The molecule has 0 aliphatic heterocycles. The van der Waals surface area contributed by atoms with Crippen LogP contribution in [0.5, 0.6) is 0 Å². The minimum absolute atomic E-state index is 0.181. The van der Waals surface area contributed by atoms with Crippen LogP contribution in [0.2, 0.25) is 15.1 Å². The van der Waals surface area contributed by atoms with Crippen molar-refractivity contribution in [2.45, 2.75) is 43.8 Å². The summed E-state index contributed by atoms with van der Waals surface area (Å²) < 4.78 is 2.10. The first kappa shape index (κ1) is 22.5. The van der Waals surface area contributed by atoms with Crippen LogP contribution in [0.4, 0.5) is 5.69 Å². The molecule has 3 aromatic rings. The van der Waals surface area contributed by atoms with E-state index in [0.717, 1.165) is 23.9 Å². The molecule has 2 atom stereocenters. The van der Waals surface area contributed by atoms with E-state index >= 15 is 0 Å². The average Bonchev–Trinajstić information content (AvgIpc) is 3.42. The Morgan fingerprint density at radius 2 is 1.81 bits per heavy atom. The lowest BCUT2D eigenvalue weighted by Crippen LogP contribution is -2.15. The number of anilines is 1. The molecule has 0 spiro atoms. The summed E-state index contributed by atoms with van der Waals surface area (Å²) >= 11 is 19.4. The van der Waals surface area contributed by atoms with Crippen molar-refractivity contribution < 1.29 is 4.79 Å². The predicted octanol–water partition coefficient (Wildman–Crippen LogP) is 6.57. The van der Waals surface area contributed by atoms with E-state index in [-0.39, 0.29) is 11.7 Å². The highest BCUT2D eigenvalue weighted by atomic mass is 35.5. The molecule has 1 aromatic heterocycles. The third-order valence-corrected chi connectivity index (χ3v) is 7.31. The monoisotopic (exact) mass is 494 g/mol. The van der Waals surface area contributed by atoms with Crippen LogP contribution in [0.3, 0.4) is 0 Å². The highest BCUT2D eigenvalue weighted by Crippen LogP contribution is 2.54. The maximum absolute atomic E-state index is 12.4. The molecule has 1 heterocycles. The minimum Gasteiger partial charge on any atom is -0.324 e. The van der Waals surface area contributed by atoms with Crippen LogP contribution in [0.1, 0.15) is 42.1 Å². The van der Waals surface area contributed by atoms with Gasteiger partial charge in [-0.25, -0.2) is 0 Å². The van der Waals surface area contributed by atoms with Gasteiger partial charge < -0.3 is 9.88 Å². The number of nitrogens with one attached hydrogen (secondary N) is 1. The van der Waals surface area contributed by atoms with Crippen LogP contribution >= 0.6 is 46.6 Å². The Labute approximate surface area is 200 Å². The van der Waals surface area contributed by atoms with Crippen LogP contribution in [0.25, 0.3) is 0 Å². The Bertz CT molecular complexity index is 1120. The first-order chi connectivity index (χ1) is 14.9. The fraction of sp³-hybridized carbons (Fsp3) is 0.318. The number of amides is 1. The van der Waals surface area contributed by atoms with E-state index in [1.165, 1.54) is 29.0 Å². The zero-order chi connectivity index (χ0) is 22.1. The maximum atomic E-state index is 12.4. The Hall–Kier alpha value is -1.73. The van der Waals surface area contributed by atoms with Crippen molar-refractivity contribution in [3.8, 4) is 0 Å². The van der Waals surface area contributed by atoms with Gasteiger partial charge in [0.05, 0.1) is 26.5 Å². The summed E-state index contributed by atoms with van der Waals surface area (Å²) in [6.07, 6.45) is 1.07. The normalized spacial score (nSPS) is 17.6. The fourth-order valence-electron chi connectivity index (χ4n) is 3.58. The van der Waals surface area contributed by atoms with Gasteiger partial charge in [0.1, 0.15) is 5.82 Å².